The van der Waals surface area contributed by atoms with E-state index in [4.69, 9.17) is 5.73 Å². The molecule has 0 unspecified atom stereocenters. The molecule has 0 bridgehead atoms. The van der Waals surface area contributed by atoms with Crippen LogP contribution in [0.1, 0.15) is 20.9 Å². The van der Waals surface area contributed by atoms with Gasteiger partial charge in [-0.2, -0.15) is 15.4 Å². The zero-order valence-corrected chi connectivity index (χ0v) is 11.2. The molecule has 0 spiro atoms. The Morgan fingerprint density at radius 1 is 1.63 bits per heavy atom. The van der Waals surface area contributed by atoms with Crippen molar-refractivity contribution in [1.29, 1.82) is 0 Å². The lowest BCUT2D eigenvalue weighted by atomic mass is 10.3. The van der Waals surface area contributed by atoms with Gasteiger partial charge in [-0.3, -0.25) is 4.79 Å². The molecule has 7 heteroatoms. The van der Waals surface area contributed by atoms with Crippen LogP contribution in [0.3, 0.4) is 0 Å². The van der Waals surface area contributed by atoms with Gasteiger partial charge in [0.2, 0.25) is 0 Å². The SMILES string of the molecule is CN(Cc1csc(C#CCN)c1)C(=O)c1cn[nH]n1. The molecule has 6 nitrogen and oxygen atoms in total. The van der Waals surface area contributed by atoms with Crippen molar-refractivity contribution in [2.75, 3.05) is 13.6 Å². The minimum absolute atomic E-state index is 0.172. The predicted octanol–water partition coefficient (Wildman–Crippen LogP) is 0.449. The Morgan fingerprint density at radius 3 is 3.16 bits per heavy atom. The molecule has 0 aliphatic rings. The highest BCUT2D eigenvalue weighted by molar-refractivity contribution is 7.10. The van der Waals surface area contributed by atoms with E-state index in [9.17, 15) is 4.79 Å². The second-order valence-electron chi connectivity index (χ2n) is 3.84. The van der Waals surface area contributed by atoms with Crippen molar-refractivity contribution in [3.63, 3.8) is 0 Å². The standard InChI is InChI=1S/C12H13N5OS/c1-17(12(18)11-6-14-16-15-11)7-9-5-10(19-8-9)3-2-4-13/h5-6,8H,4,7,13H2,1H3,(H,14,15,16). The summed E-state index contributed by atoms with van der Waals surface area (Å²) in [5.41, 5.74) is 6.66. The van der Waals surface area contributed by atoms with E-state index in [1.165, 1.54) is 17.5 Å². The normalized spacial score (nSPS) is 9.79. The van der Waals surface area contributed by atoms with Gasteiger partial charge in [0, 0.05) is 13.6 Å². The Hall–Kier alpha value is -2.17. The smallest absolute Gasteiger partial charge is 0.276 e. The van der Waals surface area contributed by atoms with Gasteiger partial charge in [-0.1, -0.05) is 11.8 Å². The number of nitrogens with zero attached hydrogens (tertiary/aromatic N) is 3. The summed E-state index contributed by atoms with van der Waals surface area (Å²) in [5.74, 6) is 5.60. The van der Waals surface area contributed by atoms with E-state index in [2.05, 4.69) is 27.3 Å². The first-order valence-electron chi connectivity index (χ1n) is 5.58. The highest BCUT2D eigenvalue weighted by Crippen LogP contribution is 2.15. The number of rotatable bonds is 3. The third-order valence-corrected chi connectivity index (χ3v) is 3.26. The van der Waals surface area contributed by atoms with Crippen molar-refractivity contribution >= 4 is 17.2 Å². The van der Waals surface area contributed by atoms with E-state index in [0.29, 0.717) is 18.8 Å². The Bertz CT molecular complexity index is 608. The number of hydrogen-bond donors (Lipinski definition) is 2. The lowest BCUT2D eigenvalue weighted by molar-refractivity contribution is 0.0779. The van der Waals surface area contributed by atoms with Crippen LogP contribution in [-0.4, -0.2) is 39.8 Å². The number of nitrogens with two attached hydrogens (primary N) is 1. The maximum atomic E-state index is 12.0. The molecule has 0 saturated carbocycles. The first-order valence-corrected chi connectivity index (χ1v) is 6.46. The van der Waals surface area contributed by atoms with E-state index in [-0.39, 0.29) is 5.91 Å². The average molecular weight is 275 g/mol. The summed E-state index contributed by atoms with van der Waals surface area (Å²) in [6, 6.07) is 1.96. The highest BCUT2D eigenvalue weighted by Gasteiger charge is 2.14. The monoisotopic (exact) mass is 275 g/mol. The molecule has 2 heterocycles. The van der Waals surface area contributed by atoms with Gasteiger partial charge in [-0.15, -0.1) is 11.3 Å². The molecule has 0 radical (unpaired) electrons. The van der Waals surface area contributed by atoms with Crippen molar-refractivity contribution < 1.29 is 4.79 Å². The molecule has 2 aromatic heterocycles. The summed E-state index contributed by atoms with van der Waals surface area (Å²) >= 11 is 1.54. The van der Waals surface area contributed by atoms with Crippen molar-refractivity contribution in [3.8, 4) is 11.8 Å². The van der Waals surface area contributed by atoms with Gasteiger partial charge >= 0.3 is 0 Å². The molecule has 0 aromatic carbocycles. The van der Waals surface area contributed by atoms with Gasteiger partial charge in [-0.05, 0) is 17.0 Å². The summed E-state index contributed by atoms with van der Waals surface area (Å²) < 4.78 is 0. The summed E-state index contributed by atoms with van der Waals surface area (Å²) in [7, 11) is 1.72. The molecule has 19 heavy (non-hydrogen) atoms. The number of carbonyl (C=O) groups excluding carboxylic acids is 1. The Kier molecular flexibility index (Phi) is 4.28. The van der Waals surface area contributed by atoms with E-state index in [1.807, 2.05) is 11.4 Å². The molecule has 1 amide bonds. The average Bonchev–Trinajstić information content (AvgIpc) is 3.06. The number of hydrogen-bond acceptors (Lipinski definition) is 5. The first-order chi connectivity index (χ1) is 9.20. The predicted molar refractivity (Wildman–Crippen MR) is 72.4 cm³/mol. The van der Waals surface area contributed by atoms with Crippen LogP contribution in [0, 0.1) is 11.8 Å². The molecule has 3 N–H and O–H groups in total. The van der Waals surface area contributed by atoms with Crippen LogP contribution in [0.15, 0.2) is 17.6 Å². The Balaban J connectivity index is 2.01. The number of H-pyrrole nitrogens is 1. The van der Waals surface area contributed by atoms with Gasteiger partial charge in [0.1, 0.15) is 0 Å². The second-order valence-corrected chi connectivity index (χ2v) is 4.75. The molecule has 0 aliphatic carbocycles. The van der Waals surface area contributed by atoms with Crippen LogP contribution in [0.4, 0.5) is 0 Å². The number of aromatic nitrogens is 3. The lowest BCUT2D eigenvalue weighted by Gasteiger charge is -2.14. The van der Waals surface area contributed by atoms with Crippen molar-refractivity contribution in [3.05, 3.63) is 33.8 Å². The molecule has 0 fully saturated rings. The van der Waals surface area contributed by atoms with Gasteiger partial charge in [0.15, 0.2) is 5.69 Å². The Labute approximate surface area is 114 Å². The molecule has 2 rings (SSSR count). The maximum Gasteiger partial charge on any atom is 0.276 e. The fourth-order valence-electron chi connectivity index (χ4n) is 1.51. The summed E-state index contributed by atoms with van der Waals surface area (Å²) in [5, 5.41) is 11.8. The van der Waals surface area contributed by atoms with Crippen LogP contribution in [0.25, 0.3) is 0 Å². The van der Waals surface area contributed by atoms with Gasteiger partial charge in [-0.25, -0.2) is 0 Å². The van der Waals surface area contributed by atoms with Crippen molar-refractivity contribution in [2.45, 2.75) is 6.54 Å². The van der Waals surface area contributed by atoms with Crippen LogP contribution < -0.4 is 5.73 Å². The number of aromatic amines is 1. The van der Waals surface area contributed by atoms with E-state index in [0.717, 1.165) is 10.4 Å². The first kappa shape index (κ1) is 13.3. The number of nitrogens with one attached hydrogen (secondary N) is 1. The summed E-state index contributed by atoms with van der Waals surface area (Å²) in [4.78, 5) is 14.5. The van der Waals surface area contributed by atoms with E-state index < -0.39 is 0 Å². The topological polar surface area (TPSA) is 87.9 Å². The third kappa shape index (κ3) is 3.40. The quantitative estimate of drug-likeness (QED) is 0.796. The minimum Gasteiger partial charge on any atom is -0.336 e. The number of amides is 1. The van der Waals surface area contributed by atoms with Crippen molar-refractivity contribution in [2.24, 2.45) is 5.73 Å². The maximum absolute atomic E-state index is 12.0. The Morgan fingerprint density at radius 2 is 2.47 bits per heavy atom. The van der Waals surface area contributed by atoms with E-state index >= 15 is 0 Å². The molecule has 0 atom stereocenters. The van der Waals surface area contributed by atoms with Crippen molar-refractivity contribution in [1.82, 2.24) is 20.3 Å². The van der Waals surface area contributed by atoms with E-state index in [1.54, 1.807) is 11.9 Å². The van der Waals surface area contributed by atoms with Crippen LogP contribution >= 0.6 is 11.3 Å². The molecular formula is C12H13N5OS. The third-order valence-electron chi connectivity index (χ3n) is 2.37. The largest absolute Gasteiger partial charge is 0.336 e. The summed E-state index contributed by atoms with van der Waals surface area (Å²) in [6.07, 6.45) is 1.41. The highest BCUT2D eigenvalue weighted by atomic mass is 32.1. The molecule has 0 saturated heterocycles. The zero-order valence-electron chi connectivity index (χ0n) is 10.4. The van der Waals surface area contributed by atoms with Gasteiger partial charge < -0.3 is 10.6 Å². The molecule has 0 aliphatic heterocycles. The second kappa shape index (κ2) is 6.13. The molecular weight excluding hydrogens is 262 g/mol. The number of carbonyl (C=O) groups is 1. The van der Waals surface area contributed by atoms with Gasteiger partial charge in [0.25, 0.3) is 5.91 Å². The van der Waals surface area contributed by atoms with Gasteiger partial charge in [0.05, 0.1) is 17.6 Å². The summed E-state index contributed by atoms with van der Waals surface area (Å²) in [6.45, 7) is 0.851. The fraction of sp³-hybridized carbons (Fsp3) is 0.250. The molecule has 2 aromatic rings. The van der Waals surface area contributed by atoms with Crippen LogP contribution in [0.2, 0.25) is 0 Å². The van der Waals surface area contributed by atoms with Crippen LogP contribution in [0.5, 0.6) is 0 Å². The van der Waals surface area contributed by atoms with Crippen LogP contribution in [-0.2, 0) is 6.54 Å². The lowest BCUT2D eigenvalue weighted by Crippen LogP contribution is -2.26. The number of thiophene rings is 1. The fourth-order valence-corrected chi connectivity index (χ4v) is 2.28. The minimum atomic E-state index is -0.172. The zero-order chi connectivity index (χ0) is 13.7. The molecule has 98 valence electrons.